The number of fused-ring (bicyclic) bond motifs is 1. The van der Waals surface area contributed by atoms with Gasteiger partial charge in [0.2, 0.25) is 0 Å². The van der Waals surface area contributed by atoms with E-state index in [0.717, 1.165) is 38.2 Å². The molecule has 0 saturated heterocycles. The highest BCUT2D eigenvalue weighted by atomic mass is 32.1. The van der Waals surface area contributed by atoms with Gasteiger partial charge in [0.05, 0.1) is 34.4 Å². The molecule has 5 nitrogen and oxygen atoms in total. The van der Waals surface area contributed by atoms with Crippen molar-refractivity contribution in [1.29, 1.82) is 0 Å². The highest BCUT2D eigenvalue weighted by molar-refractivity contribution is 7.08. The fourth-order valence-corrected chi connectivity index (χ4v) is 4.58. The number of carbonyl (C=O) groups is 1. The van der Waals surface area contributed by atoms with E-state index >= 15 is 0 Å². The summed E-state index contributed by atoms with van der Waals surface area (Å²) in [7, 11) is 1.64. The van der Waals surface area contributed by atoms with E-state index in [0.29, 0.717) is 22.6 Å². The molecule has 0 fully saturated rings. The first kappa shape index (κ1) is 19.3. The van der Waals surface area contributed by atoms with Crippen molar-refractivity contribution >= 4 is 34.5 Å². The van der Waals surface area contributed by atoms with Gasteiger partial charge in [0, 0.05) is 33.6 Å². The Labute approximate surface area is 182 Å². The lowest BCUT2D eigenvalue weighted by Crippen LogP contribution is -2.24. The van der Waals surface area contributed by atoms with Crippen LogP contribution < -0.4 is 26.0 Å². The molecule has 2 N–H and O–H groups in total. The highest BCUT2D eigenvalue weighted by Crippen LogP contribution is 2.21. The van der Waals surface area contributed by atoms with Crippen LogP contribution in [0.2, 0.25) is 0 Å². The molecule has 0 aliphatic carbocycles. The molecule has 4 heterocycles. The summed E-state index contributed by atoms with van der Waals surface area (Å²) >= 11 is 1.51. The SMILES string of the molecule is COc1cc(=C2N=c3ccccc3=C2C(=O)c2ccsc2)[nH]/c1=C\c1[nH]c(C)cc1C. The summed E-state index contributed by atoms with van der Waals surface area (Å²) in [6.45, 7) is 4.10. The number of aryl methyl sites for hydroxylation is 2. The van der Waals surface area contributed by atoms with E-state index in [1.807, 2.05) is 60.2 Å². The monoisotopic (exact) mass is 427 g/mol. The van der Waals surface area contributed by atoms with Gasteiger partial charge in [-0.3, -0.25) is 4.79 Å². The van der Waals surface area contributed by atoms with Gasteiger partial charge in [0.15, 0.2) is 5.78 Å². The molecule has 3 aromatic heterocycles. The van der Waals surface area contributed by atoms with Gasteiger partial charge < -0.3 is 14.7 Å². The zero-order chi connectivity index (χ0) is 21.5. The minimum absolute atomic E-state index is 0.0279. The number of methoxy groups -OCH3 is 1. The molecule has 0 spiro atoms. The van der Waals surface area contributed by atoms with Crippen LogP contribution in [0, 0.1) is 13.8 Å². The first-order valence-electron chi connectivity index (χ1n) is 9.96. The van der Waals surface area contributed by atoms with Gasteiger partial charge in [-0.1, -0.05) is 18.2 Å². The molecule has 0 atom stereocenters. The third kappa shape index (κ3) is 3.35. The summed E-state index contributed by atoms with van der Waals surface area (Å²) in [5.74, 6) is 0.669. The van der Waals surface area contributed by atoms with E-state index in [2.05, 4.69) is 23.0 Å². The maximum Gasteiger partial charge on any atom is 0.196 e. The smallest absolute Gasteiger partial charge is 0.196 e. The lowest BCUT2D eigenvalue weighted by Gasteiger charge is -2.01. The number of ether oxygens (including phenoxy) is 1. The molecule has 6 heteroatoms. The molecular weight excluding hydrogens is 406 g/mol. The number of H-pyrrole nitrogens is 2. The van der Waals surface area contributed by atoms with Crippen LogP contribution in [0.3, 0.4) is 0 Å². The van der Waals surface area contributed by atoms with E-state index in [1.165, 1.54) is 11.3 Å². The first-order chi connectivity index (χ1) is 15.0. The zero-order valence-corrected chi connectivity index (χ0v) is 18.3. The van der Waals surface area contributed by atoms with E-state index < -0.39 is 0 Å². The van der Waals surface area contributed by atoms with Crippen LogP contribution >= 0.6 is 11.3 Å². The van der Waals surface area contributed by atoms with Crippen LogP contribution in [-0.2, 0) is 0 Å². The Morgan fingerprint density at radius 2 is 1.97 bits per heavy atom. The van der Waals surface area contributed by atoms with E-state index in [1.54, 1.807) is 7.11 Å². The Balaban J connectivity index is 1.78. The van der Waals surface area contributed by atoms with Crippen molar-refractivity contribution in [3.8, 4) is 5.75 Å². The lowest BCUT2D eigenvalue weighted by molar-refractivity contribution is 0.105. The number of hydrogen-bond acceptors (Lipinski definition) is 4. The maximum atomic E-state index is 13.4. The highest BCUT2D eigenvalue weighted by Gasteiger charge is 2.23. The quantitative estimate of drug-likeness (QED) is 0.491. The number of para-hydroxylation sites is 1. The minimum atomic E-state index is -0.0279. The second kappa shape index (κ2) is 7.56. The normalized spacial score (nSPS) is 15.2. The average Bonchev–Trinajstić information content (AvgIpc) is 3.53. The van der Waals surface area contributed by atoms with Gasteiger partial charge in [-0.2, -0.15) is 11.3 Å². The maximum absolute atomic E-state index is 13.4. The molecule has 1 aromatic carbocycles. The molecule has 1 aliphatic heterocycles. The number of aromatic amines is 2. The molecule has 31 heavy (non-hydrogen) atoms. The summed E-state index contributed by atoms with van der Waals surface area (Å²) < 4.78 is 5.63. The summed E-state index contributed by atoms with van der Waals surface area (Å²) in [6, 6.07) is 13.6. The lowest BCUT2D eigenvalue weighted by atomic mass is 10.0. The second-order valence-corrected chi connectivity index (χ2v) is 8.33. The Hall–Kier alpha value is -3.64. The molecule has 0 bridgehead atoms. The van der Waals surface area contributed by atoms with Gasteiger partial charge >= 0.3 is 0 Å². The third-order valence-corrected chi connectivity index (χ3v) is 6.10. The zero-order valence-electron chi connectivity index (χ0n) is 17.4. The summed E-state index contributed by atoms with van der Waals surface area (Å²) in [5, 5.41) is 7.01. The van der Waals surface area contributed by atoms with Crippen molar-refractivity contribution in [3.63, 3.8) is 0 Å². The predicted molar refractivity (Wildman–Crippen MR) is 123 cm³/mol. The number of aromatic nitrogens is 2. The van der Waals surface area contributed by atoms with Crippen molar-refractivity contribution in [2.75, 3.05) is 7.11 Å². The molecule has 0 unspecified atom stereocenters. The predicted octanol–water partition coefficient (Wildman–Crippen LogP) is 2.33. The van der Waals surface area contributed by atoms with E-state index in [9.17, 15) is 4.79 Å². The van der Waals surface area contributed by atoms with Gasteiger partial charge in [0.25, 0.3) is 0 Å². The van der Waals surface area contributed by atoms with Crippen molar-refractivity contribution in [1.82, 2.24) is 9.97 Å². The number of nitrogens with one attached hydrogen (secondary N) is 2. The average molecular weight is 428 g/mol. The van der Waals surface area contributed by atoms with Crippen molar-refractivity contribution < 1.29 is 9.53 Å². The molecule has 1 aliphatic rings. The van der Waals surface area contributed by atoms with Gasteiger partial charge in [-0.05, 0) is 49.1 Å². The van der Waals surface area contributed by atoms with Crippen molar-refractivity contribution in [3.05, 3.63) is 97.0 Å². The van der Waals surface area contributed by atoms with Crippen LogP contribution in [0.15, 0.2) is 58.2 Å². The number of thiophene rings is 1. The standard InChI is InChI=1S/C25H21N3O2S/c1-14-10-15(2)26-19(14)11-20-22(30-3)12-21(27-20)24-23(25(29)16-8-9-31-13-16)17-6-4-5-7-18(17)28-24/h4-13,26-27H,1-3H3/b20-11-,24-21?. The Morgan fingerprint density at radius 3 is 2.68 bits per heavy atom. The number of Topliss-reactive ketones (excluding diaryl/α,β-unsaturated/α-hetero) is 1. The fraction of sp³-hybridized carbons (Fsp3) is 0.120. The Kier molecular flexibility index (Phi) is 4.71. The van der Waals surface area contributed by atoms with E-state index in [4.69, 9.17) is 9.73 Å². The van der Waals surface area contributed by atoms with Crippen molar-refractivity contribution in [2.45, 2.75) is 13.8 Å². The first-order valence-corrected chi connectivity index (χ1v) is 10.9. The number of hydrogen-bond donors (Lipinski definition) is 2. The number of ketones is 1. The Morgan fingerprint density at radius 1 is 1.13 bits per heavy atom. The minimum Gasteiger partial charge on any atom is -0.494 e. The molecule has 4 aromatic rings. The Bertz CT molecular complexity index is 1550. The molecule has 0 radical (unpaired) electrons. The van der Waals surface area contributed by atoms with Gasteiger partial charge in [0.1, 0.15) is 5.75 Å². The summed E-state index contributed by atoms with van der Waals surface area (Å²) in [4.78, 5) is 25.0. The van der Waals surface area contributed by atoms with Crippen LogP contribution in [0.1, 0.15) is 27.3 Å². The molecule has 5 rings (SSSR count). The molecule has 0 saturated carbocycles. The van der Waals surface area contributed by atoms with Gasteiger partial charge in [-0.25, -0.2) is 4.99 Å². The number of benzene rings is 1. The topological polar surface area (TPSA) is 70.2 Å². The van der Waals surface area contributed by atoms with Crippen molar-refractivity contribution in [2.24, 2.45) is 4.99 Å². The molecule has 154 valence electrons. The van der Waals surface area contributed by atoms with E-state index in [-0.39, 0.29) is 5.78 Å². The number of rotatable bonds is 4. The fourth-order valence-electron chi connectivity index (χ4n) is 3.95. The van der Waals surface area contributed by atoms with Crippen LogP contribution in [-0.4, -0.2) is 22.9 Å². The number of carbonyl (C=O) groups excluding carboxylic acids is 1. The summed E-state index contributed by atoms with van der Waals surface area (Å²) in [6.07, 6.45) is 2.02. The largest absolute Gasteiger partial charge is 0.494 e. The van der Waals surface area contributed by atoms with Crippen LogP contribution in [0.5, 0.6) is 5.75 Å². The molecule has 0 amide bonds. The van der Waals surface area contributed by atoms with Crippen LogP contribution in [0.25, 0.3) is 17.3 Å². The van der Waals surface area contributed by atoms with Crippen LogP contribution in [0.4, 0.5) is 0 Å². The second-order valence-electron chi connectivity index (χ2n) is 7.55. The number of nitrogens with zero attached hydrogens (tertiary/aromatic N) is 1. The summed E-state index contributed by atoms with van der Waals surface area (Å²) in [5.41, 5.74) is 5.18. The van der Waals surface area contributed by atoms with Gasteiger partial charge in [-0.15, -0.1) is 0 Å². The molecular formula is C25H21N3O2S. The third-order valence-electron chi connectivity index (χ3n) is 5.42.